The highest BCUT2D eigenvalue weighted by Gasteiger charge is 2.27. The van der Waals surface area contributed by atoms with Gasteiger partial charge < -0.3 is 10.1 Å². The van der Waals surface area contributed by atoms with Crippen molar-refractivity contribution in [2.24, 2.45) is 0 Å². The summed E-state index contributed by atoms with van der Waals surface area (Å²) in [5, 5.41) is 7.62. The molecule has 3 rings (SSSR count). The van der Waals surface area contributed by atoms with Crippen LogP contribution >= 0.6 is 0 Å². The van der Waals surface area contributed by atoms with Crippen LogP contribution in [0.2, 0.25) is 0 Å². The molecule has 0 fully saturated rings. The highest BCUT2D eigenvalue weighted by molar-refractivity contribution is 5.94. The second-order valence-electron chi connectivity index (χ2n) is 4.71. The molecule has 1 N–H and O–H groups in total. The molecule has 5 nitrogen and oxygen atoms in total. The number of hydrogen-bond donors (Lipinski definition) is 1. The minimum atomic E-state index is -0.324. The van der Waals surface area contributed by atoms with E-state index < -0.39 is 0 Å². The molecule has 1 aromatic carbocycles. The van der Waals surface area contributed by atoms with Gasteiger partial charge in [-0.2, -0.15) is 5.10 Å². The van der Waals surface area contributed by atoms with Crippen molar-refractivity contribution in [3.63, 3.8) is 0 Å². The topological polar surface area (TPSA) is 56.1 Å². The number of benzene rings is 1. The van der Waals surface area contributed by atoms with E-state index in [1.165, 1.54) is 5.56 Å². The zero-order chi connectivity index (χ0) is 13.9. The predicted molar refractivity (Wildman–Crippen MR) is 75.9 cm³/mol. The fourth-order valence-corrected chi connectivity index (χ4v) is 2.57. The van der Waals surface area contributed by atoms with Crippen LogP contribution in [0.4, 0.5) is 5.82 Å². The Kier molecular flexibility index (Phi) is 3.41. The van der Waals surface area contributed by atoms with Crippen molar-refractivity contribution in [1.29, 1.82) is 0 Å². The number of anilines is 1. The lowest BCUT2D eigenvalue weighted by molar-refractivity contribution is 0.0527. The lowest BCUT2D eigenvalue weighted by atomic mass is 10.0. The van der Waals surface area contributed by atoms with Crippen LogP contribution in [-0.4, -0.2) is 28.9 Å². The number of carbonyl (C=O) groups excluding carboxylic acids is 1. The summed E-state index contributed by atoms with van der Waals surface area (Å²) in [6.07, 6.45) is 2.53. The van der Waals surface area contributed by atoms with Gasteiger partial charge in [-0.15, -0.1) is 0 Å². The standard InChI is InChI=1S/C15H17N3O2/c1-2-20-15(19)12-10-17-18-13(8-9-16-14(12)18)11-6-4-3-5-7-11/h3-7,10,13,16H,2,8-9H2,1H3/t13-/m1/s1. The molecular formula is C15H17N3O2. The monoisotopic (exact) mass is 271 g/mol. The van der Waals surface area contributed by atoms with Gasteiger partial charge in [0.25, 0.3) is 0 Å². The van der Waals surface area contributed by atoms with Crippen LogP contribution in [0.5, 0.6) is 0 Å². The minimum absolute atomic E-state index is 0.163. The fraction of sp³-hybridized carbons (Fsp3) is 0.333. The van der Waals surface area contributed by atoms with Gasteiger partial charge in [0.2, 0.25) is 0 Å². The van der Waals surface area contributed by atoms with E-state index in [4.69, 9.17) is 4.74 Å². The number of ether oxygens (including phenoxy) is 1. The van der Waals surface area contributed by atoms with Crippen molar-refractivity contribution in [1.82, 2.24) is 9.78 Å². The van der Waals surface area contributed by atoms with Crippen LogP contribution in [0.25, 0.3) is 0 Å². The smallest absolute Gasteiger partial charge is 0.343 e. The maximum absolute atomic E-state index is 11.9. The molecule has 0 amide bonds. The normalized spacial score (nSPS) is 17.1. The molecule has 0 aliphatic carbocycles. The Morgan fingerprint density at radius 3 is 3.00 bits per heavy atom. The minimum Gasteiger partial charge on any atom is -0.462 e. The molecule has 5 heteroatoms. The molecule has 0 bridgehead atoms. The first-order valence-electron chi connectivity index (χ1n) is 6.84. The van der Waals surface area contributed by atoms with Crippen LogP contribution in [-0.2, 0) is 4.74 Å². The number of rotatable bonds is 3. The van der Waals surface area contributed by atoms with Gasteiger partial charge in [0.15, 0.2) is 0 Å². The lowest BCUT2D eigenvalue weighted by Gasteiger charge is -2.26. The summed E-state index contributed by atoms with van der Waals surface area (Å²) in [7, 11) is 0. The van der Waals surface area contributed by atoms with E-state index in [1.807, 2.05) is 22.9 Å². The molecule has 20 heavy (non-hydrogen) atoms. The summed E-state index contributed by atoms with van der Waals surface area (Å²) < 4.78 is 6.94. The van der Waals surface area contributed by atoms with Gasteiger partial charge >= 0.3 is 5.97 Å². The first-order valence-corrected chi connectivity index (χ1v) is 6.84. The first-order chi connectivity index (χ1) is 9.81. The third kappa shape index (κ3) is 2.15. The van der Waals surface area contributed by atoms with Gasteiger partial charge in [0.05, 0.1) is 18.8 Å². The van der Waals surface area contributed by atoms with E-state index in [0.717, 1.165) is 18.8 Å². The largest absolute Gasteiger partial charge is 0.462 e. The van der Waals surface area contributed by atoms with Crippen LogP contribution in [0.15, 0.2) is 36.5 Å². The molecule has 0 radical (unpaired) electrons. The lowest BCUT2D eigenvalue weighted by Crippen LogP contribution is -2.25. The van der Waals surface area contributed by atoms with Crippen molar-refractivity contribution in [2.75, 3.05) is 18.5 Å². The molecule has 0 saturated carbocycles. The second-order valence-corrected chi connectivity index (χ2v) is 4.71. The number of carbonyl (C=O) groups is 1. The molecule has 1 aromatic heterocycles. The zero-order valence-electron chi connectivity index (χ0n) is 11.4. The average molecular weight is 271 g/mol. The number of nitrogens with one attached hydrogen (secondary N) is 1. The predicted octanol–water partition coefficient (Wildman–Crippen LogP) is 2.46. The second kappa shape index (κ2) is 5.36. The number of hydrogen-bond acceptors (Lipinski definition) is 4. The van der Waals surface area contributed by atoms with Crippen molar-refractivity contribution in [2.45, 2.75) is 19.4 Å². The van der Waals surface area contributed by atoms with E-state index in [0.29, 0.717) is 12.2 Å². The van der Waals surface area contributed by atoms with Crippen LogP contribution < -0.4 is 5.32 Å². The van der Waals surface area contributed by atoms with E-state index in [-0.39, 0.29) is 12.0 Å². The molecule has 104 valence electrons. The third-order valence-corrected chi connectivity index (χ3v) is 3.48. The summed E-state index contributed by atoms with van der Waals surface area (Å²) in [6.45, 7) is 2.98. The van der Waals surface area contributed by atoms with E-state index >= 15 is 0 Å². The van der Waals surface area contributed by atoms with Crippen LogP contribution in [0.1, 0.15) is 35.3 Å². The third-order valence-electron chi connectivity index (χ3n) is 3.48. The number of aromatic nitrogens is 2. The number of esters is 1. The summed E-state index contributed by atoms with van der Waals surface area (Å²) in [5.41, 5.74) is 1.71. The zero-order valence-corrected chi connectivity index (χ0v) is 11.4. The van der Waals surface area contributed by atoms with Crippen molar-refractivity contribution in [3.8, 4) is 0 Å². The Morgan fingerprint density at radius 2 is 2.25 bits per heavy atom. The van der Waals surface area contributed by atoms with Gasteiger partial charge in [-0.25, -0.2) is 9.48 Å². The van der Waals surface area contributed by atoms with Crippen molar-refractivity contribution >= 4 is 11.8 Å². The maximum Gasteiger partial charge on any atom is 0.343 e. The molecule has 1 atom stereocenters. The maximum atomic E-state index is 11.9. The van der Waals surface area contributed by atoms with Gasteiger partial charge in [0, 0.05) is 6.54 Å². The number of fused-ring (bicyclic) bond motifs is 1. The Morgan fingerprint density at radius 1 is 1.45 bits per heavy atom. The summed E-state index contributed by atoms with van der Waals surface area (Å²) in [4.78, 5) is 11.9. The molecule has 2 aromatic rings. The van der Waals surface area contributed by atoms with E-state index in [2.05, 4.69) is 22.5 Å². The first kappa shape index (κ1) is 12.7. The van der Waals surface area contributed by atoms with E-state index in [1.54, 1.807) is 13.1 Å². The summed E-state index contributed by atoms with van der Waals surface area (Å²) in [6, 6.07) is 10.4. The molecule has 1 aliphatic heterocycles. The van der Waals surface area contributed by atoms with Gasteiger partial charge in [-0.3, -0.25) is 0 Å². The van der Waals surface area contributed by atoms with Crippen LogP contribution in [0.3, 0.4) is 0 Å². The van der Waals surface area contributed by atoms with Gasteiger partial charge in [0.1, 0.15) is 11.4 Å². The SMILES string of the molecule is CCOC(=O)c1cnn2c1NCC[C@@H]2c1ccccc1. The Labute approximate surface area is 117 Å². The molecule has 0 saturated heterocycles. The fourth-order valence-electron chi connectivity index (χ4n) is 2.57. The summed E-state index contributed by atoms with van der Waals surface area (Å²) in [5.74, 6) is 0.429. The highest BCUT2D eigenvalue weighted by atomic mass is 16.5. The van der Waals surface area contributed by atoms with Gasteiger partial charge in [-0.05, 0) is 18.9 Å². The van der Waals surface area contributed by atoms with Crippen molar-refractivity contribution in [3.05, 3.63) is 47.7 Å². The van der Waals surface area contributed by atoms with Crippen molar-refractivity contribution < 1.29 is 9.53 Å². The quantitative estimate of drug-likeness (QED) is 0.871. The number of nitrogens with zero attached hydrogens (tertiary/aromatic N) is 2. The Balaban J connectivity index is 1.97. The van der Waals surface area contributed by atoms with Crippen LogP contribution in [0, 0.1) is 0 Å². The molecule has 0 spiro atoms. The summed E-state index contributed by atoms with van der Waals surface area (Å²) >= 11 is 0. The van der Waals surface area contributed by atoms with E-state index in [9.17, 15) is 4.79 Å². The molecular weight excluding hydrogens is 254 g/mol. The van der Waals surface area contributed by atoms with Gasteiger partial charge in [-0.1, -0.05) is 30.3 Å². The Bertz CT molecular complexity index is 607. The highest BCUT2D eigenvalue weighted by Crippen LogP contribution is 2.31. The molecule has 0 unspecified atom stereocenters. The molecule has 2 heterocycles. The molecule has 1 aliphatic rings. The average Bonchev–Trinajstić information content (AvgIpc) is 2.92. The Hall–Kier alpha value is -2.30.